The van der Waals surface area contributed by atoms with Crippen molar-refractivity contribution in [2.75, 3.05) is 5.32 Å². The minimum atomic E-state index is -0.578. The number of halogens is 4. The van der Waals surface area contributed by atoms with Crippen LogP contribution in [0.3, 0.4) is 0 Å². The molecule has 1 N–H and O–H groups in total. The van der Waals surface area contributed by atoms with Gasteiger partial charge in [0.25, 0.3) is 5.91 Å². The SMILES string of the molecule is O=C(Nc1cc(Br)ccc1Br)c1cccc(Br)c1F. The fourth-order valence-electron chi connectivity index (χ4n) is 1.46. The van der Waals surface area contributed by atoms with E-state index in [1.54, 1.807) is 24.3 Å². The van der Waals surface area contributed by atoms with Gasteiger partial charge in [0.05, 0.1) is 15.7 Å². The maximum Gasteiger partial charge on any atom is 0.258 e. The molecule has 0 unspecified atom stereocenters. The molecule has 0 aromatic heterocycles. The monoisotopic (exact) mass is 449 g/mol. The molecule has 2 aromatic carbocycles. The van der Waals surface area contributed by atoms with Crippen molar-refractivity contribution in [1.29, 1.82) is 0 Å². The molecular weight excluding hydrogens is 445 g/mol. The summed E-state index contributed by atoms with van der Waals surface area (Å²) in [4.78, 5) is 12.0. The van der Waals surface area contributed by atoms with Gasteiger partial charge in [0.15, 0.2) is 0 Å². The van der Waals surface area contributed by atoms with Crippen molar-refractivity contribution >= 4 is 59.4 Å². The highest BCUT2D eigenvalue weighted by Gasteiger charge is 2.15. The predicted octanol–water partition coefficient (Wildman–Crippen LogP) is 5.37. The van der Waals surface area contributed by atoms with Crippen molar-refractivity contribution in [2.24, 2.45) is 0 Å². The van der Waals surface area contributed by atoms with Crippen LogP contribution < -0.4 is 5.32 Å². The summed E-state index contributed by atoms with van der Waals surface area (Å²) in [5.41, 5.74) is 0.556. The molecule has 0 bridgehead atoms. The number of amides is 1. The fraction of sp³-hybridized carbons (Fsp3) is 0. The second kappa shape index (κ2) is 6.15. The van der Waals surface area contributed by atoms with Crippen molar-refractivity contribution in [3.8, 4) is 0 Å². The average Bonchev–Trinajstić information content (AvgIpc) is 2.37. The molecule has 0 saturated carbocycles. The van der Waals surface area contributed by atoms with Crippen LogP contribution in [0.4, 0.5) is 10.1 Å². The van der Waals surface area contributed by atoms with Crippen molar-refractivity contribution < 1.29 is 9.18 Å². The van der Waals surface area contributed by atoms with Gasteiger partial charge in [-0.1, -0.05) is 22.0 Å². The summed E-state index contributed by atoms with van der Waals surface area (Å²) in [6.07, 6.45) is 0. The number of hydrogen-bond donors (Lipinski definition) is 1. The lowest BCUT2D eigenvalue weighted by Crippen LogP contribution is -2.14. The lowest BCUT2D eigenvalue weighted by atomic mass is 10.2. The Kier molecular flexibility index (Phi) is 4.76. The van der Waals surface area contributed by atoms with Gasteiger partial charge in [-0.25, -0.2) is 4.39 Å². The zero-order chi connectivity index (χ0) is 14.0. The quantitative estimate of drug-likeness (QED) is 0.653. The maximum absolute atomic E-state index is 13.8. The van der Waals surface area contributed by atoms with E-state index < -0.39 is 11.7 Å². The number of benzene rings is 2. The average molecular weight is 452 g/mol. The predicted molar refractivity (Wildman–Crippen MR) is 83.9 cm³/mol. The summed E-state index contributed by atoms with van der Waals surface area (Å²) in [6, 6.07) is 9.94. The van der Waals surface area contributed by atoms with Crippen LogP contribution in [-0.4, -0.2) is 5.91 Å². The van der Waals surface area contributed by atoms with Gasteiger partial charge in [-0.05, 0) is 62.2 Å². The van der Waals surface area contributed by atoms with Gasteiger partial charge < -0.3 is 5.32 Å². The molecule has 0 radical (unpaired) electrons. The topological polar surface area (TPSA) is 29.1 Å². The van der Waals surface area contributed by atoms with Gasteiger partial charge >= 0.3 is 0 Å². The first-order valence-electron chi connectivity index (χ1n) is 5.19. The second-order valence-electron chi connectivity index (χ2n) is 3.68. The normalized spacial score (nSPS) is 10.3. The number of anilines is 1. The summed E-state index contributed by atoms with van der Waals surface area (Å²) in [6.45, 7) is 0. The summed E-state index contributed by atoms with van der Waals surface area (Å²) >= 11 is 9.69. The third-order valence-electron chi connectivity index (χ3n) is 2.37. The molecule has 6 heteroatoms. The Morgan fingerprint density at radius 2 is 1.79 bits per heavy atom. The molecule has 0 heterocycles. The van der Waals surface area contributed by atoms with Crippen LogP contribution in [0.2, 0.25) is 0 Å². The number of nitrogens with one attached hydrogen (secondary N) is 1. The van der Waals surface area contributed by atoms with E-state index in [0.717, 1.165) is 8.95 Å². The lowest BCUT2D eigenvalue weighted by molar-refractivity contribution is 0.102. The Bertz CT molecular complexity index is 646. The summed E-state index contributed by atoms with van der Waals surface area (Å²) < 4.78 is 15.6. The lowest BCUT2D eigenvalue weighted by Gasteiger charge is -2.09. The van der Waals surface area contributed by atoms with Crippen LogP contribution >= 0.6 is 47.8 Å². The summed E-state index contributed by atoms with van der Waals surface area (Å²) in [5.74, 6) is -1.08. The first-order valence-corrected chi connectivity index (χ1v) is 7.57. The highest BCUT2D eigenvalue weighted by Crippen LogP contribution is 2.27. The van der Waals surface area contributed by atoms with Gasteiger partial charge in [0.2, 0.25) is 0 Å². The molecule has 19 heavy (non-hydrogen) atoms. The fourth-order valence-corrected chi connectivity index (χ4v) is 2.54. The Hall–Kier alpha value is -0.720. The molecule has 0 fully saturated rings. The number of rotatable bonds is 2. The molecule has 0 aliphatic heterocycles. The van der Waals surface area contributed by atoms with Crippen LogP contribution in [0.25, 0.3) is 0 Å². The van der Waals surface area contributed by atoms with Crippen LogP contribution in [0.1, 0.15) is 10.4 Å². The molecule has 1 amide bonds. The first-order chi connectivity index (χ1) is 8.99. The van der Waals surface area contributed by atoms with E-state index in [1.165, 1.54) is 6.07 Å². The summed E-state index contributed by atoms with van der Waals surface area (Å²) in [7, 11) is 0. The molecular formula is C13H7Br3FNO. The molecule has 0 aliphatic rings. The molecule has 2 nitrogen and oxygen atoms in total. The van der Waals surface area contributed by atoms with E-state index in [2.05, 4.69) is 53.1 Å². The third kappa shape index (κ3) is 3.43. The molecule has 2 aromatic rings. The van der Waals surface area contributed by atoms with Gasteiger partial charge in [0, 0.05) is 8.95 Å². The smallest absolute Gasteiger partial charge is 0.258 e. The van der Waals surface area contributed by atoms with Gasteiger partial charge in [-0.15, -0.1) is 0 Å². The maximum atomic E-state index is 13.8. The van der Waals surface area contributed by atoms with Crippen LogP contribution in [0, 0.1) is 5.82 Å². The van der Waals surface area contributed by atoms with Gasteiger partial charge in [-0.3, -0.25) is 4.79 Å². The number of hydrogen-bond acceptors (Lipinski definition) is 1. The summed E-state index contributed by atoms with van der Waals surface area (Å²) in [5, 5.41) is 2.66. The van der Waals surface area contributed by atoms with E-state index in [0.29, 0.717) is 5.69 Å². The van der Waals surface area contributed by atoms with Crippen LogP contribution in [-0.2, 0) is 0 Å². The second-order valence-corrected chi connectivity index (χ2v) is 6.30. The zero-order valence-electron chi connectivity index (χ0n) is 9.38. The Balaban J connectivity index is 2.31. The minimum absolute atomic E-state index is 0.0127. The van der Waals surface area contributed by atoms with E-state index in [9.17, 15) is 9.18 Å². The van der Waals surface area contributed by atoms with Gasteiger partial charge in [0.1, 0.15) is 5.82 Å². The van der Waals surface area contributed by atoms with Crippen molar-refractivity contribution in [2.45, 2.75) is 0 Å². The van der Waals surface area contributed by atoms with Crippen LogP contribution in [0.5, 0.6) is 0 Å². The van der Waals surface area contributed by atoms with Gasteiger partial charge in [-0.2, -0.15) is 0 Å². The molecule has 0 atom stereocenters. The van der Waals surface area contributed by atoms with Crippen molar-refractivity contribution in [3.63, 3.8) is 0 Å². The number of carbonyl (C=O) groups is 1. The first kappa shape index (κ1) is 14.7. The third-order valence-corrected chi connectivity index (χ3v) is 4.17. The van der Waals surface area contributed by atoms with Crippen LogP contribution in [0.15, 0.2) is 49.8 Å². The Labute approximate surface area is 134 Å². The molecule has 0 aliphatic carbocycles. The van der Waals surface area contributed by atoms with Crippen molar-refractivity contribution in [3.05, 3.63) is 61.2 Å². The highest BCUT2D eigenvalue weighted by atomic mass is 79.9. The van der Waals surface area contributed by atoms with Crippen molar-refractivity contribution in [1.82, 2.24) is 0 Å². The van der Waals surface area contributed by atoms with E-state index in [1.807, 2.05) is 6.07 Å². The zero-order valence-corrected chi connectivity index (χ0v) is 14.1. The minimum Gasteiger partial charge on any atom is -0.321 e. The largest absolute Gasteiger partial charge is 0.321 e. The molecule has 0 spiro atoms. The standard InChI is InChI=1S/C13H7Br3FNO/c14-7-4-5-9(15)11(6-7)18-13(19)8-2-1-3-10(16)12(8)17/h1-6H,(H,18,19). The van der Waals surface area contributed by atoms with E-state index >= 15 is 0 Å². The molecule has 2 rings (SSSR count). The molecule has 98 valence electrons. The van der Waals surface area contributed by atoms with E-state index in [-0.39, 0.29) is 10.0 Å². The van der Waals surface area contributed by atoms with E-state index in [4.69, 9.17) is 0 Å². The highest BCUT2D eigenvalue weighted by molar-refractivity contribution is 9.11. The molecule has 0 saturated heterocycles. The Morgan fingerprint density at radius 3 is 2.53 bits per heavy atom. The number of carbonyl (C=O) groups excluding carboxylic acids is 1. The Morgan fingerprint density at radius 1 is 1.05 bits per heavy atom.